The van der Waals surface area contributed by atoms with Crippen LogP contribution < -0.4 is 25.4 Å². The summed E-state index contributed by atoms with van der Waals surface area (Å²) < 4.78 is 10.7. The summed E-state index contributed by atoms with van der Waals surface area (Å²) >= 11 is 7.65. The molecule has 0 aliphatic carbocycles. The summed E-state index contributed by atoms with van der Waals surface area (Å²) in [6.07, 6.45) is 2.18. The monoisotopic (exact) mass is 671 g/mol. The normalized spacial score (nSPS) is 11.9. The fraction of sp³-hybridized carbons (Fsp3) is 0.216. The minimum Gasteiger partial charge on any atom is -0.495 e. The molecule has 0 spiro atoms. The maximum absolute atomic E-state index is 13.6. The fourth-order valence-corrected chi connectivity index (χ4v) is 5.84. The summed E-state index contributed by atoms with van der Waals surface area (Å²) in [6.45, 7) is 6.14. The number of amides is 3. The molecule has 244 valence electrons. The maximum atomic E-state index is 13.6. The summed E-state index contributed by atoms with van der Waals surface area (Å²) in [4.78, 5) is 40.7. The first kappa shape index (κ1) is 35.1. The van der Waals surface area contributed by atoms with Crippen LogP contribution in [0.2, 0.25) is 5.02 Å². The van der Waals surface area contributed by atoms with Gasteiger partial charge in [0.15, 0.2) is 0 Å². The first-order valence-corrected chi connectivity index (χ1v) is 16.4. The molecule has 4 aromatic carbocycles. The van der Waals surface area contributed by atoms with E-state index in [0.29, 0.717) is 45.8 Å². The molecule has 1 atom stereocenters. The lowest BCUT2D eigenvalue weighted by atomic mass is 10.0. The van der Waals surface area contributed by atoms with Gasteiger partial charge in [-0.15, -0.1) is 11.8 Å². The predicted octanol–water partition coefficient (Wildman–Crippen LogP) is 8.40. The van der Waals surface area contributed by atoms with Crippen LogP contribution in [-0.2, 0) is 9.59 Å². The Morgan fingerprint density at radius 1 is 0.851 bits per heavy atom. The molecule has 0 radical (unpaired) electrons. The van der Waals surface area contributed by atoms with Crippen molar-refractivity contribution in [1.29, 1.82) is 0 Å². The summed E-state index contributed by atoms with van der Waals surface area (Å²) in [5.41, 5.74) is 3.39. The van der Waals surface area contributed by atoms with E-state index < -0.39 is 17.1 Å². The van der Waals surface area contributed by atoms with Gasteiger partial charge in [-0.2, -0.15) is 0 Å². The third-order valence-corrected chi connectivity index (χ3v) is 8.86. The van der Waals surface area contributed by atoms with Crippen molar-refractivity contribution in [2.45, 2.75) is 43.3 Å². The zero-order valence-corrected chi connectivity index (χ0v) is 28.5. The van der Waals surface area contributed by atoms with Crippen molar-refractivity contribution < 1.29 is 23.9 Å². The Bertz CT molecular complexity index is 1740. The molecule has 47 heavy (non-hydrogen) atoms. The van der Waals surface area contributed by atoms with E-state index in [9.17, 15) is 14.4 Å². The number of carbonyl (C=O) groups excluding carboxylic acids is 3. The maximum Gasteiger partial charge on any atom is 0.272 e. The van der Waals surface area contributed by atoms with Crippen LogP contribution in [0.3, 0.4) is 0 Å². The molecule has 0 bridgehead atoms. The zero-order valence-electron chi connectivity index (χ0n) is 26.9. The van der Waals surface area contributed by atoms with Crippen LogP contribution in [0.4, 0.5) is 11.4 Å². The Hall–Kier alpha value is -4.73. The van der Waals surface area contributed by atoms with Gasteiger partial charge in [-0.05, 0) is 65.9 Å². The van der Waals surface area contributed by atoms with E-state index in [2.05, 4.69) is 29.8 Å². The molecular weight excluding hydrogens is 634 g/mol. The Kier molecular flexibility index (Phi) is 12.5. The van der Waals surface area contributed by atoms with Crippen LogP contribution >= 0.6 is 23.4 Å². The minimum atomic E-state index is -0.488. The van der Waals surface area contributed by atoms with Gasteiger partial charge < -0.3 is 25.4 Å². The number of carbonyl (C=O) groups is 3. The molecule has 3 amide bonds. The predicted molar refractivity (Wildman–Crippen MR) is 191 cm³/mol. The van der Waals surface area contributed by atoms with E-state index in [1.54, 1.807) is 60.7 Å². The summed E-state index contributed by atoms with van der Waals surface area (Å²) in [5.74, 6) is 0.0932. The quantitative estimate of drug-likeness (QED) is 0.0974. The first-order chi connectivity index (χ1) is 22.6. The number of hydrogen-bond donors (Lipinski definition) is 3. The number of hydrogen-bond acceptors (Lipinski definition) is 6. The summed E-state index contributed by atoms with van der Waals surface area (Å²) in [6, 6.07) is 27.0. The average molecular weight is 672 g/mol. The third-order valence-electron chi connectivity index (χ3n) is 7.21. The van der Waals surface area contributed by atoms with Gasteiger partial charge in [-0.25, -0.2) is 0 Å². The van der Waals surface area contributed by atoms with Crippen LogP contribution in [0.5, 0.6) is 11.5 Å². The van der Waals surface area contributed by atoms with Gasteiger partial charge in [-0.3, -0.25) is 14.4 Å². The molecule has 0 aliphatic heterocycles. The summed E-state index contributed by atoms with van der Waals surface area (Å²) in [7, 11) is 3.00. The van der Waals surface area contributed by atoms with Gasteiger partial charge in [0.1, 0.15) is 17.2 Å². The smallest absolute Gasteiger partial charge is 0.272 e. The fourth-order valence-electron chi connectivity index (χ4n) is 4.59. The topological polar surface area (TPSA) is 106 Å². The number of thioether (sulfide) groups is 1. The Balaban J connectivity index is 1.52. The van der Waals surface area contributed by atoms with E-state index in [1.807, 2.05) is 43.3 Å². The molecule has 0 saturated carbocycles. The molecule has 8 nitrogen and oxygen atoms in total. The molecule has 3 N–H and O–H groups in total. The van der Waals surface area contributed by atoms with Crippen LogP contribution in [-0.4, -0.2) is 37.2 Å². The second kappa shape index (κ2) is 16.7. The molecule has 0 heterocycles. The Morgan fingerprint density at radius 3 is 2.19 bits per heavy atom. The van der Waals surface area contributed by atoms with Crippen molar-refractivity contribution in [2.75, 3.05) is 24.9 Å². The first-order valence-electron chi connectivity index (χ1n) is 15.1. The van der Waals surface area contributed by atoms with E-state index in [-0.39, 0.29) is 11.6 Å². The van der Waals surface area contributed by atoms with Gasteiger partial charge in [-0.1, -0.05) is 80.9 Å². The lowest BCUT2D eigenvalue weighted by molar-refractivity contribution is -0.116. The Morgan fingerprint density at radius 2 is 1.55 bits per heavy atom. The van der Waals surface area contributed by atoms with Crippen molar-refractivity contribution in [3.8, 4) is 11.5 Å². The largest absolute Gasteiger partial charge is 0.495 e. The van der Waals surface area contributed by atoms with Crippen molar-refractivity contribution >= 4 is 58.5 Å². The molecule has 10 heteroatoms. The number of benzene rings is 4. The highest BCUT2D eigenvalue weighted by atomic mass is 35.5. The minimum absolute atomic E-state index is 0.0899. The Labute approximate surface area is 284 Å². The molecule has 4 aromatic rings. The van der Waals surface area contributed by atoms with Crippen LogP contribution in [0, 0.1) is 0 Å². The zero-order chi connectivity index (χ0) is 33.9. The van der Waals surface area contributed by atoms with Crippen molar-refractivity contribution in [1.82, 2.24) is 5.32 Å². The number of ether oxygens (including phenoxy) is 2. The highest BCUT2D eigenvalue weighted by Gasteiger charge is 2.21. The number of rotatable bonds is 13. The molecule has 1 unspecified atom stereocenters. The molecule has 0 aliphatic rings. The van der Waals surface area contributed by atoms with Gasteiger partial charge in [0.25, 0.3) is 11.8 Å². The van der Waals surface area contributed by atoms with E-state index in [1.165, 1.54) is 31.5 Å². The van der Waals surface area contributed by atoms with Gasteiger partial charge >= 0.3 is 0 Å². The SMILES string of the molecule is CCC(Sc1cccc(NC(=O)/C(=C\c2ccc(C(C)C)cc2)NC(=O)c2ccccc2)c1)C(=O)Nc1cc(Cl)c(OC)cc1OC. The standard InChI is InChI=1S/C37H38ClN3O5S/c1-6-34(37(44)40-30-21-29(38)32(45-4)22-33(30)46-5)47-28-14-10-13-27(20-28)39-36(43)31(41-35(42)26-11-8-7-9-12-26)19-24-15-17-25(18-16-24)23(2)3/h7-23,34H,6H2,1-5H3,(H,39,43)(H,40,44)(H,41,42)/b31-19+. The molecule has 0 saturated heterocycles. The van der Waals surface area contributed by atoms with Crippen molar-refractivity contribution in [3.05, 3.63) is 118 Å². The van der Waals surface area contributed by atoms with Crippen LogP contribution in [0.1, 0.15) is 54.6 Å². The number of nitrogens with one attached hydrogen (secondary N) is 3. The lowest BCUT2D eigenvalue weighted by Gasteiger charge is -2.18. The number of anilines is 2. The van der Waals surface area contributed by atoms with Crippen molar-refractivity contribution in [2.24, 2.45) is 0 Å². The molecule has 0 aromatic heterocycles. The highest BCUT2D eigenvalue weighted by Crippen LogP contribution is 2.37. The van der Waals surface area contributed by atoms with E-state index in [4.69, 9.17) is 21.1 Å². The number of halogens is 1. The average Bonchev–Trinajstić information content (AvgIpc) is 3.07. The lowest BCUT2D eigenvalue weighted by Crippen LogP contribution is -2.30. The number of methoxy groups -OCH3 is 2. The van der Waals surface area contributed by atoms with Crippen LogP contribution in [0.15, 0.2) is 102 Å². The van der Waals surface area contributed by atoms with Gasteiger partial charge in [0.2, 0.25) is 5.91 Å². The second-order valence-electron chi connectivity index (χ2n) is 10.9. The van der Waals surface area contributed by atoms with Crippen molar-refractivity contribution in [3.63, 3.8) is 0 Å². The molecule has 0 fully saturated rings. The third kappa shape index (κ3) is 9.64. The summed E-state index contributed by atoms with van der Waals surface area (Å²) in [5, 5.41) is 8.47. The van der Waals surface area contributed by atoms with E-state index in [0.717, 1.165) is 10.5 Å². The van der Waals surface area contributed by atoms with Gasteiger partial charge in [0.05, 0.1) is 30.2 Å². The molecular formula is C37H38ClN3O5S. The van der Waals surface area contributed by atoms with Crippen LogP contribution in [0.25, 0.3) is 6.08 Å². The molecule has 4 rings (SSSR count). The second-order valence-corrected chi connectivity index (χ2v) is 12.6. The highest BCUT2D eigenvalue weighted by molar-refractivity contribution is 8.00. The van der Waals surface area contributed by atoms with E-state index >= 15 is 0 Å². The van der Waals surface area contributed by atoms with Gasteiger partial charge in [0, 0.05) is 22.2 Å².